The van der Waals surface area contributed by atoms with E-state index in [1.165, 1.54) is 13.3 Å². The van der Waals surface area contributed by atoms with Gasteiger partial charge in [-0.15, -0.1) is 0 Å². The molecule has 0 aliphatic carbocycles. The molecule has 0 aliphatic heterocycles. The number of rotatable bonds is 4. The summed E-state index contributed by atoms with van der Waals surface area (Å²) in [6, 6.07) is 5.16. The highest BCUT2D eigenvalue weighted by Gasteiger charge is 2.21. The number of carbonyl (C=O) groups is 1. The molecule has 0 saturated carbocycles. The smallest absolute Gasteiger partial charge is 0.343 e. The van der Waals surface area contributed by atoms with E-state index in [1.807, 2.05) is 6.92 Å². The molecule has 2 heterocycles. The second-order valence-corrected chi connectivity index (χ2v) is 5.72. The molecule has 0 amide bonds. The van der Waals surface area contributed by atoms with Gasteiger partial charge in [0.15, 0.2) is 11.4 Å². The zero-order chi connectivity index (χ0) is 17.3. The summed E-state index contributed by atoms with van der Waals surface area (Å²) in [5, 5.41) is 5.28. The van der Waals surface area contributed by atoms with Gasteiger partial charge in [-0.3, -0.25) is 0 Å². The quantitative estimate of drug-likeness (QED) is 0.656. The average molecular weight is 366 g/mol. The molecule has 0 spiro atoms. The summed E-state index contributed by atoms with van der Waals surface area (Å²) in [5.41, 5.74) is 2.05. The largest absolute Gasteiger partial charge is 0.489 e. The van der Waals surface area contributed by atoms with Crippen molar-refractivity contribution in [2.75, 3.05) is 13.7 Å². The Morgan fingerprint density at radius 1 is 1.21 bits per heavy atom. The van der Waals surface area contributed by atoms with Gasteiger partial charge < -0.3 is 9.47 Å². The Morgan fingerprint density at radius 3 is 2.54 bits per heavy atom. The van der Waals surface area contributed by atoms with E-state index in [0.717, 1.165) is 5.56 Å². The zero-order valence-electron chi connectivity index (χ0n) is 12.9. The first-order valence-electron chi connectivity index (χ1n) is 7.09. The Bertz CT molecular complexity index is 904. The predicted octanol–water partition coefficient (Wildman–Crippen LogP) is 3.89. The number of hydrogen-bond acceptors (Lipinski definition) is 5. The van der Waals surface area contributed by atoms with Crippen LogP contribution in [0.4, 0.5) is 0 Å². The summed E-state index contributed by atoms with van der Waals surface area (Å²) in [6.07, 6.45) is 3.01. The van der Waals surface area contributed by atoms with Crippen molar-refractivity contribution in [3.05, 3.63) is 46.2 Å². The fraction of sp³-hybridized carbons (Fsp3) is 0.188. The first-order chi connectivity index (χ1) is 11.5. The third-order valence-electron chi connectivity index (χ3n) is 3.34. The minimum Gasteiger partial charge on any atom is -0.489 e. The van der Waals surface area contributed by atoms with Gasteiger partial charge in [-0.05, 0) is 25.1 Å². The van der Waals surface area contributed by atoms with Crippen LogP contribution < -0.4 is 4.74 Å². The first-order valence-corrected chi connectivity index (χ1v) is 7.85. The summed E-state index contributed by atoms with van der Waals surface area (Å²) >= 11 is 12.1. The highest BCUT2D eigenvalue weighted by Crippen LogP contribution is 2.31. The Morgan fingerprint density at radius 2 is 1.92 bits per heavy atom. The van der Waals surface area contributed by atoms with Gasteiger partial charge in [-0.25, -0.2) is 14.3 Å². The third kappa shape index (κ3) is 2.90. The van der Waals surface area contributed by atoms with Gasteiger partial charge in [-0.2, -0.15) is 5.10 Å². The summed E-state index contributed by atoms with van der Waals surface area (Å²) in [4.78, 5) is 16.2. The number of benzene rings is 1. The number of imidazole rings is 1. The van der Waals surface area contributed by atoms with Crippen LogP contribution in [0.5, 0.6) is 5.75 Å². The number of hydrogen-bond donors (Lipinski definition) is 0. The van der Waals surface area contributed by atoms with E-state index < -0.39 is 5.97 Å². The fourth-order valence-corrected chi connectivity index (χ4v) is 2.88. The number of aromatic nitrogens is 3. The molecule has 1 aromatic carbocycles. The van der Waals surface area contributed by atoms with Crippen LogP contribution in [0.1, 0.15) is 17.3 Å². The number of nitrogens with zero attached hydrogens (tertiary/aromatic N) is 3. The average Bonchev–Trinajstić information content (AvgIpc) is 2.98. The summed E-state index contributed by atoms with van der Waals surface area (Å²) in [5.74, 6) is -0.220. The van der Waals surface area contributed by atoms with Crippen LogP contribution in [0.2, 0.25) is 10.0 Å². The van der Waals surface area contributed by atoms with Crippen LogP contribution in [0.3, 0.4) is 0 Å². The van der Waals surface area contributed by atoms with Crippen molar-refractivity contribution < 1.29 is 14.3 Å². The van der Waals surface area contributed by atoms with Gasteiger partial charge in [-0.1, -0.05) is 23.2 Å². The molecule has 0 atom stereocenters. The number of esters is 1. The molecule has 0 unspecified atom stereocenters. The molecule has 24 heavy (non-hydrogen) atoms. The lowest BCUT2D eigenvalue weighted by Gasteiger charge is -2.10. The van der Waals surface area contributed by atoms with Gasteiger partial charge in [0.25, 0.3) is 0 Å². The van der Waals surface area contributed by atoms with Crippen molar-refractivity contribution in [1.29, 1.82) is 0 Å². The van der Waals surface area contributed by atoms with Gasteiger partial charge in [0.2, 0.25) is 0 Å². The van der Waals surface area contributed by atoms with E-state index in [4.69, 9.17) is 32.7 Å². The monoisotopic (exact) mass is 365 g/mol. The summed E-state index contributed by atoms with van der Waals surface area (Å²) in [7, 11) is 1.30. The molecule has 0 N–H and O–H groups in total. The number of methoxy groups -OCH3 is 1. The van der Waals surface area contributed by atoms with Crippen molar-refractivity contribution in [1.82, 2.24) is 14.6 Å². The van der Waals surface area contributed by atoms with Gasteiger partial charge in [0.1, 0.15) is 5.56 Å². The molecular weight excluding hydrogens is 353 g/mol. The standard InChI is InChI=1S/C16H13Cl2N3O3/c1-3-24-14-12(16(22)23-2)7-20-21-13(8-19-15(14)21)9-4-10(17)6-11(18)5-9/h4-8H,3H2,1-2H3. The number of ether oxygens (including phenoxy) is 2. The molecular formula is C16H13Cl2N3O3. The second kappa shape index (κ2) is 6.67. The normalized spacial score (nSPS) is 10.8. The van der Waals surface area contributed by atoms with Crippen molar-refractivity contribution in [2.45, 2.75) is 6.92 Å². The molecule has 2 aromatic heterocycles. The van der Waals surface area contributed by atoms with Gasteiger partial charge >= 0.3 is 5.97 Å². The molecule has 0 radical (unpaired) electrons. The third-order valence-corrected chi connectivity index (χ3v) is 3.78. The maximum atomic E-state index is 11.9. The van der Waals surface area contributed by atoms with E-state index in [2.05, 4.69) is 10.1 Å². The lowest BCUT2D eigenvalue weighted by atomic mass is 10.2. The van der Waals surface area contributed by atoms with Crippen LogP contribution in [0.15, 0.2) is 30.6 Å². The number of fused-ring (bicyclic) bond motifs is 1. The predicted molar refractivity (Wildman–Crippen MR) is 91.0 cm³/mol. The molecule has 6 nitrogen and oxygen atoms in total. The highest BCUT2D eigenvalue weighted by atomic mass is 35.5. The minimum atomic E-state index is -0.538. The Labute approximate surface area is 147 Å². The Balaban J connectivity index is 2.23. The van der Waals surface area contributed by atoms with Crippen molar-refractivity contribution in [3.8, 4) is 17.0 Å². The number of carbonyl (C=O) groups excluding carboxylic acids is 1. The molecule has 0 fully saturated rings. The zero-order valence-corrected chi connectivity index (χ0v) is 14.4. The Hall–Kier alpha value is -2.31. The molecule has 0 bridgehead atoms. The highest BCUT2D eigenvalue weighted by molar-refractivity contribution is 6.35. The van der Waals surface area contributed by atoms with Crippen LogP contribution >= 0.6 is 23.2 Å². The molecule has 3 aromatic rings. The van der Waals surface area contributed by atoms with Crippen LogP contribution in [0.25, 0.3) is 16.9 Å². The van der Waals surface area contributed by atoms with Gasteiger partial charge in [0.05, 0.1) is 31.8 Å². The van der Waals surface area contributed by atoms with Crippen molar-refractivity contribution in [2.24, 2.45) is 0 Å². The van der Waals surface area contributed by atoms with Crippen molar-refractivity contribution >= 4 is 34.8 Å². The van der Waals surface area contributed by atoms with Gasteiger partial charge in [0, 0.05) is 15.6 Å². The molecule has 8 heteroatoms. The fourth-order valence-electron chi connectivity index (χ4n) is 2.35. The second-order valence-electron chi connectivity index (χ2n) is 4.85. The maximum Gasteiger partial charge on any atom is 0.343 e. The lowest BCUT2D eigenvalue weighted by molar-refractivity contribution is 0.0595. The molecule has 124 valence electrons. The van der Waals surface area contributed by atoms with Crippen LogP contribution in [-0.2, 0) is 4.74 Å². The van der Waals surface area contributed by atoms with E-state index in [0.29, 0.717) is 33.7 Å². The molecule has 0 saturated heterocycles. The SMILES string of the molecule is CCOc1c(C(=O)OC)cnn2c(-c3cc(Cl)cc(Cl)c3)cnc12. The van der Waals surface area contributed by atoms with Crippen molar-refractivity contribution in [3.63, 3.8) is 0 Å². The van der Waals surface area contributed by atoms with E-state index in [-0.39, 0.29) is 5.56 Å². The van der Waals surface area contributed by atoms with E-state index >= 15 is 0 Å². The molecule has 3 rings (SSSR count). The van der Waals surface area contributed by atoms with Crippen LogP contribution in [0, 0.1) is 0 Å². The Kier molecular flexibility index (Phi) is 4.59. The minimum absolute atomic E-state index is 0.216. The molecule has 0 aliphatic rings. The van der Waals surface area contributed by atoms with E-state index in [9.17, 15) is 4.79 Å². The van der Waals surface area contributed by atoms with E-state index in [1.54, 1.807) is 28.9 Å². The lowest BCUT2D eigenvalue weighted by Crippen LogP contribution is -2.09. The summed E-state index contributed by atoms with van der Waals surface area (Å²) in [6.45, 7) is 2.19. The maximum absolute atomic E-state index is 11.9. The topological polar surface area (TPSA) is 65.7 Å². The van der Waals surface area contributed by atoms with Crippen LogP contribution in [-0.4, -0.2) is 34.3 Å². The summed E-state index contributed by atoms with van der Waals surface area (Å²) < 4.78 is 11.9. The first kappa shape index (κ1) is 16.5. The number of halogens is 2.